The van der Waals surface area contributed by atoms with Crippen LogP contribution in [0.4, 0.5) is 11.6 Å². The van der Waals surface area contributed by atoms with Crippen molar-refractivity contribution in [2.24, 2.45) is 0 Å². The Bertz CT molecular complexity index is 414. The van der Waals surface area contributed by atoms with Crippen molar-refractivity contribution in [2.75, 3.05) is 29.9 Å². The van der Waals surface area contributed by atoms with Gasteiger partial charge in [0.05, 0.1) is 12.2 Å². The number of hydrogen-bond donors (Lipinski definition) is 1. The molecule has 1 saturated heterocycles. The fourth-order valence-electron chi connectivity index (χ4n) is 2.53. The number of rotatable bonds is 4. The molecule has 0 amide bonds. The molecule has 0 aliphatic carbocycles. The van der Waals surface area contributed by atoms with Crippen LogP contribution in [-0.2, 0) is 4.74 Å². The van der Waals surface area contributed by atoms with E-state index in [0.717, 1.165) is 43.3 Å². The first-order valence-corrected chi connectivity index (χ1v) is 7.07. The lowest BCUT2D eigenvalue weighted by Gasteiger charge is -2.36. The summed E-state index contributed by atoms with van der Waals surface area (Å²) >= 11 is 0. The van der Waals surface area contributed by atoms with Crippen molar-refractivity contribution < 1.29 is 4.74 Å². The number of aromatic nitrogens is 2. The van der Waals surface area contributed by atoms with Crippen LogP contribution in [0.5, 0.6) is 0 Å². The predicted molar refractivity (Wildman–Crippen MR) is 77.8 cm³/mol. The second kappa shape index (κ2) is 6.19. The van der Waals surface area contributed by atoms with Crippen molar-refractivity contribution >= 4 is 11.6 Å². The third-order valence-electron chi connectivity index (χ3n) is 3.32. The smallest absolute Gasteiger partial charge is 0.137 e. The van der Waals surface area contributed by atoms with Crippen LogP contribution in [0.15, 0.2) is 6.33 Å². The SMILES string of the molecule is CCCNc1ncnc(N2CC(C)OC(C)C2)c1C. The summed E-state index contributed by atoms with van der Waals surface area (Å²) in [5.41, 5.74) is 1.12. The average Bonchev–Trinajstić information content (AvgIpc) is 2.36. The number of morpholine rings is 1. The van der Waals surface area contributed by atoms with Gasteiger partial charge in [-0.1, -0.05) is 6.92 Å². The first-order valence-electron chi connectivity index (χ1n) is 7.07. The fraction of sp³-hybridized carbons (Fsp3) is 0.714. The Morgan fingerprint density at radius 3 is 2.63 bits per heavy atom. The normalized spacial score (nSPS) is 23.5. The van der Waals surface area contributed by atoms with Gasteiger partial charge in [0.1, 0.15) is 18.0 Å². The molecule has 5 heteroatoms. The minimum Gasteiger partial charge on any atom is -0.372 e. The van der Waals surface area contributed by atoms with Gasteiger partial charge in [0, 0.05) is 25.2 Å². The second-order valence-electron chi connectivity index (χ2n) is 5.26. The van der Waals surface area contributed by atoms with Gasteiger partial charge in [0.15, 0.2) is 0 Å². The maximum absolute atomic E-state index is 5.77. The highest BCUT2D eigenvalue weighted by Crippen LogP contribution is 2.25. The Morgan fingerprint density at radius 2 is 2.00 bits per heavy atom. The lowest BCUT2D eigenvalue weighted by atomic mass is 10.2. The van der Waals surface area contributed by atoms with Crippen LogP contribution in [0.2, 0.25) is 0 Å². The number of nitrogens with one attached hydrogen (secondary N) is 1. The van der Waals surface area contributed by atoms with Gasteiger partial charge in [0.25, 0.3) is 0 Å². The largest absolute Gasteiger partial charge is 0.372 e. The van der Waals surface area contributed by atoms with Crippen LogP contribution in [-0.4, -0.2) is 41.8 Å². The molecule has 1 aliphatic heterocycles. The highest BCUT2D eigenvalue weighted by Gasteiger charge is 2.24. The van der Waals surface area contributed by atoms with Gasteiger partial charge in [0.2, 0.25) is 0 Å². The number of anilines is 2. The second-order valence-corrected chi connectivity index (χ2v) is 5.26. The van der Waals surface area contributed by atoms with Crippen molar-refractivity contribution in [1.82, 2.24) is 9.97 Å². The third kappa shape index (κ3) is 3.35. The van der Waals surface area contributed by atoms with Gasteiger partial charge in [-0.05, 0) is 27.2 Å². The van der Waals surface area contributed by atoms with E-state index in [4.69, 9.17) is 4.74 Å². The Balaban J connectivity index is 2.19. The molecule has 1 N–H and O–H groups in total. The maximum Gasteiger partial charge on any atom is 0.137 e. The maximum atomic E-state index is 5.77. The summed E-state index contributed by atoms with van der Waals surface area (Å²) in [7, 11) is 0. The molecule has 0 aromatic carbocycles. The average molecular weight is 264 g/mol. The van der Waals surface area contributed by atoms with Crippen LogP contribution in [0.1, 0.15) is 32.8 Å². The lowest BCUT2D eigenvalue weighted by molar-refractivity contribution is -0.00549. The van der Waals surface area contributed by atoms with Gasteiger partial charge in [-0.3, -0.25) is 0 Å². The summed E-state index contributed by atoms with van der Waals surface area (Å²) in [4.78, 5) is 11.1. The van der Waals surface area contributed by atoms with Crippen LogP contribution >= 0.6 is 0 Å². The summed E-state index contributed by atoms with van der Waals surface area (Å²) in [6.45, 7) is 11.1. The van der Waals surface area contributed by atoms with E-state index in [1.807, 2.05) is 0 Å². The standard InChI is InChI=1S/C14H24N4O/c1-5-6-15-13-12(4)14(17-9-16-13)18-7-10(2)19-11(3)8-18/h9-11H,5-8H2,1-4H3,(H,15,16,17). The first kappa shape index (κ1) is 14.1. The molecule has 1 aliphatic rings. The van der Waals surface area contributed by atoms with Gasteiger partial charge >= 0.3 is 0 Å². The van der Waals surface area contributed by atoms with E-state index < -0.39 is 0 Å². The first-order chi connectivity index (χ1) is 9.11. The molecule has 0 radical (unpaired) electrons. The zero-order valence-corrected chi connectivity index (χ0v) is 12.3. The third-order valence-corrected chi connectivity index (χ3v) is 3.32. The molecule has 1 aromatic heterocycles. The van der Waals surface area contributed by atoms with Gasteiger partial charge in [-0.2, -0.15) is 0 Å². The molecule has 2 rings (SSSR count). The fourth-order valence-corrected chi connectivity index (χ4v) is 2.53. The molecule has 2 heterocycles. The Hall–Kier alpha value is -1.36. The summed E-state index contributed by atoms with van der Waals surface area (Å²) in [6, 6.07) is 0. The van der Waals surface area contributed by atoms with Crippen LogP contribution in [0.3, 0.4) is 0 Å². The van der Waals surface area contributed by atoms with E-state index in [0.29, 0.717) is 0 Å². The van der Waals surface area contributed by atoms with E-state index >= 15 is 0 Å². The van der Waals surface area contributed by atoms with E-state index in [1.165, 1.54) is 0 Å². The van der Waals surface area contributed by atoms with E-state index in [2.05, 4.69) is 47.9 Å². The van der Waals surface area contributed by atoms with E-state index in [-0.39, 0.29) is 12.2 Å². The van der Waals surface area contributed by atoms with E-state index in [1.54, 1.807) is 6.33 Å². The molecule has 5 nitrogen and oxygen atoms in total. The molecule has 1 aromatic rings. The topological polar surface area (TPSA) is 50.3 Å². The summed E-state index contributed by atoms with van der Waals surface area (Å²) in [5, 5.41) is 3.36. The van der Waals surface area contributed by atoms with Crippen LogP contribution < -0.4 is 10.2 Å². The van der Waals surface area contributed by atoms with Crippen molar-refractivity contribution in [1.29, 1.82) is 0 Å². The molecular weight excluding hydrogens is 240 g/mol. The summed E-state index contributed by atoms with van der Waals surface area (Å²) in [6.07, 6.45) is 3.21. The highest BCUT2D eigenvalue weighted by molar-refractivity contribution is 5.58. The van der Waals surface area contributed by atoms with Gasteiger partial charge in [-0.15, -0.1) is 0 Å². The molecule has 2 unspecified atom stereocenters. The Labute approximate surface area is 115 Å². The summed E-state index contributed by atoms with van der Waals surface area (Å²) < 4.78 is 5.77. The molecule has 2 atom stereocenters. The minimum absolute atomic E-state index is 0.241. The van der Waals surface area contributed by atoms with Crippen molar-refractivity contribution in [3.05, 3.63) is 11.9 Å². The molecule has 1 fully saturated rings. The van der Waals surface area contributed by atoms with E-state index in [9.17, 15) is 0 Å². The summed E-state index contributed by atoms with van der Waals surface area (Å²) in [5.74, 6) is 1.97. The number of hydrogen-bond acceptors (Lipinski definition) is 5. The zero-order valence-electron chi connectivity index (χ0n) is 12.3. The van der Waals surface area contributed by atoms with Crippen molar-refractivity contribution in [2.45, 2.75) is 46.3 Å². The van der Waals surface area contributed by atoms with Gasteiger partial charge in [-0.25, -0.2) is 9.97 Å². The highest BCUT2D eigenvalue weighted by atomic mass is 16.5. The molecule has 0 spiro atoms. The molecule has 19 heavy (non-hydrogen) atoms. The predicted octanol–water partition coefficient (Wildman–Crippen LogP) is 2.22. The van der Waals surface area contributed by atoms with Crippen molar-refractivity contribution in [3.8, 4) is 0 Å². The Morgan fingerprint density at radius 1 is 1.32 bits per heavy atom. The quantitative estimate of drug-likeness (QED) is 0.903. The molecular formula is C14H24N4O. The molecule has 0 bridgehead atoms. The monoisotopic (exact) mass is 264 g/mol. The molecule has 106 valence electrons. The number of ether oxygens (including phenoxy) is 1. The van der Waals surface area contributed by atoms with Crippen molar-refractivity contribution in [3.63, 3.8) is 0 Å². The molecule has 0 saturated carbocycles. The Kier molecular flexibility index (Phi) is 4.58. The van der Waals surface area contributed by atoms with Crippen LogP contribution in [0, 0.1) is 6.92 Å². The van der Waals surface area contributed by atoms with Crippen LogP contribution in [0.25, 0.3) is 0 Å². The lowest BCUT2D eigenvalue weighted by Crippen LogP contribution is -2.46. The zero-order chi connectivity index (χ0) is 13.8. The minimum atomic E-state index is 0.241. The van der Waals surface area contributed by atoms with Gasteiger partial charge < -0.3 is 15.0 Å². The number of nitrogens with zero attached hydrogens (tertiary/aromatic N) is 3.